The molecule has 0 aliphatic rings. The van der Waals surface area contributed by atoms with Gasteiger partial charge < -0.3 is 9.84 Å². The van der Waals surface area contributed by atoms with Gasteiger partial charge in [-0.05, 0) is 18.6 Å². The average molecular weight is 208 g/mol. The maximum Gasteiger partial charge on any atom is 0.303 e. The van der Waals surface area contributed by atoms with Crippen molar-refractivity contribution in [3.63, 3.8) is 0 Å². The molecule has 0 fully saturated rings. The van der Waals surface area contributed by atoms with Crippen LogP contribution in [0.2, 0.25) is 0 Å². The number of carboxylic acid groups (broad SMARTS) is 1. The van der Waals surface area contributed by atoms with Gasteiger partial charge in [-0.3, -0.25) is 9.59 Å². The van der Waals surface area contributed by atoms with Crippen LogP contribution in [0.3, 0.4) is 0 Å². The Morgan fingerprint density at radius 3 is 2.80 bits per heavy atom. The third-order valence-corrected chi connectivity index (χ3v) is 1.84. The molecule has 1 N–H and O–H groups in total. The highest BCUT2D eigenvalue weighted by Gasteiger charge is 2.01. The topological polar surface area (TPSA) is 63.6 Å². The van der Waals surface area contributed by atoms with Gasteiger partial charge in [0.25, 0.3) is 0 Å². The number of aldehydes is 1. The first kappa shape index (κ1) is 11.2. The molecule has 0 saturated carbocycles. The second-order valence-electron chi connectivity index (χ2n) is 3.00. The zero-order valence-corrected chi connectivity index (χ0v) is 8.18. The summed E-state index contributed by atoms with van der Waals surface area (Å²) in [6.07, 6.45) is 1.22. The van der Waals surface area contributed by atoms with Crippen LogP contribution in [-0.2, 0) is 4.79 Å². The Hall–Kier alpha value is -1.84. The molecule has 15 heavy (non-hydrogen) atoms. The Kier molecular flexibility index (Phi) is 4.34. The molecule has 0 atom stereocenters. The summed E-state index contributed by atoms with van der Waals surface area (Å²) in [6.45, 7) is 0.303. The molecule has 0 saturated heterocycles. The molecule has 0 aliphatic carbocycles. The summed E-state index contributed by atoms with van der Waals surface area (Å²) >= 11 is 0. The van der Waals surface area contributed by atoms with Crippen molar-refractivity contribution in [3.05, 3.63) is 29.8 Å². The number of carbonyl (C=O) groups excluding carboxylic acids is 1. The van der Waals surface area contributed by atoms with Crippen molar-refractivity contribution < 1.29 is 19.4 Å². The molecule has 1 aromatic carbocycles. The molecule has 1 aromatic rings. The highest BCUT2D eigenvalue weighted by molar-refractivity contribution is 5.79. The quantitative estimate of drug-likeness (QED) is 0.571. The zero-order chi connectivity index (χ0) is 11.1. The third-order valence-electron chi connectivity index (χ3n) is 1.84. The van der Waals surface area contributed by atoms with Crippen molar-refractivity contribution in [2.45, 2.75) is 12.8 Å². The predicted molar refractivity (Wildman–Crippen MR) is 54.2 cm³/mol. The van der Waals surface area contributed by atoms with Crippen molar-refractivity contribution >= 4 is 12.3 Å². The molecular formula is C11H12O4. The lowest BCUT2D eigenvalue weighted by Gasteiger charge is -2.06. The van der Waals surface area contributed by atoms with Gasteiger partial charge in [0.15, 0.2) is 6.29 Å². The molecule has 80 valence electrons. The average Bonchev–Trinajstić information content (AvgIpc) is 2.24. The predicted octanol–water partition coefficient (Wildman–Crippen LogP) is 1.74. The minimum absolute atomic E-state index is 0.0727. The van der Waals surface area contributed by atoms with E-state index in [0.29, 0.717) is 30.6 Å². The molecule has 4 nitrogen and oxygen atoms in total. The number of benzene rings is 1. The van der Waals surface area contributed by atoms with E-state index in [1.807, 2.05) is 0 Å². The van der Waals surface area contributed by atoms with Crippen molar-refractivity contribution in [1.29, 1.82) is 0 Å². The Labute approximate surface area is 87.5 Å². The number of rotatable bonds is 6. The second kappa shape index (κ2) is 5.80. The standard InChI is InChI=1S/C11H12O4/c12-8-9-4-1-2-5-10(9)15-7-3-6-11(13)14/h1-2,4-5,8H,3,6-7H2,(H,13,14). The summed E-state index contributed by atoms with van der Waals surface area (Å²) in [7, 11) is 0. The smallest absolute Gasteiger partial charge is 0.303 e. The summed E-state index contributed by atoms with van der Waals surface area (Å²) in [5.74, 6) is -0.347. The van der Waals surface area contributed by atoms with E-state index >= 15 is 0 Å². The largest absolute Gasteiger partial charge is 0.493 e. The van der Waals surface area contributed by atoms with Crippen LogP contribution in [0.25, 0.3) is 0 Å². The Balaban J connectivity index is 2.43. The van der Waals surface area contributed by atoms with Crippen LogP contribution >= 0.6 is 0 Å². The molecular weight excluding hydrogens is 196 g/mol. The van der Waals surface area contributed by atoms with Crippen molar-refractivity contribution in [2.24, 2.45) is 0 Å². The van der Waals surface area contributed by atoms with Gasteiger partial charge in [-0.2, -0.15) is 0 Å². The van der Waals surface area contributed by atoms with Gasteiger partial charge in [-0.15, -0.1) is 0 Å². The van der Waals surface area contributed by atoms with Crippen molar-refractivity contribution in [1.82, 2.24) is 0 Å². The van der Waals surface area contributed by atoms with E-state index in [9.17, 15) is 9.59 Å². The normalized spacial score (nSPS) is 9.60. The molecule has 0 aliphatic heterocycles. The zero-order valence-electron chi connectivity index (χ0n) is 8.18. The van der Waals surface area contributed by atoms with Crippen LogP contribution < -0.4 is 4.74 Å². The lowest BCUT2D eigenvalue weighted by molar-refractivity contribution is -0.137. The van der Waals surface area contributed by atoms with Gasteiger partial charge in [0.2, 0.25) is 0 Å². The number of aliphatic carboxylic acids is 1. The minimum atomic E-state index is -0.845. The Bertz CT molecular complexity index is 346. The van der Waals surface area contributed by atoms with E-state index in [1.165, 1.54) is 0 Å². The number of ether oxygens (including phenoxy) is 1. The number of hydrogen-bond acceptors (Lipinski definition) is 3. The van der Waals surface area contributed by atoms with E-state index < -0.39 is 5.97 Å². The van der Waals surface area contributed by atoms with Gasteiger partial charge in [0.1, 0.15) is 5.75 Å². The van der Waals surface area contributed by atoms with Gasteiger partial charge in [-0.25, -0.2) is 0 Å². The van der Waals surface area contributed by atoms with E-state index in [-0.39, 0.29) is 6.42 Å². The molecule has 0 amide bonds. The number of carbonyl (C=O) groups is 2. The second-order valence-corrected chi connectivity index (χ2v) is 3.00. The number of hydrogen-bond donors (Lipinski definition) is 1. The fourth-order valence-corrected chi connectivity index (χ4v) is 1.11. The van der Waals surface area contributed by atoms with Gasteiger partial charge in [0, 0.05) is 6.42 Å². The van der Waals surface area contributed by atoms with Crippen LogP contribution in [0, 0.1) is 0 Å². The van der Waals surface area contributed by atoms with Gasteiger partial charge in [-0.1, -0.05) is 12.1 Å². The lowest BCUT2D eigenvalue weighted by Crippen LogP contribution is -2.03. The minimum Gasteiger partial charge on any atom is -0.493 e. The summed E-state index contributed by atoms with van der Waals surface area (Å²) in [5.41, 5.74) is 0.479. The van der Waals surface area contributed by atoms with E-state index in [1.54, 1.807) is 24.3 Å². The van der Waals surface area contributed by atoms with Crippen LogP contribution in [-0.4, -0.2) is 24.0 Å². The van der Waals surface area contributed by atoms with Gasteiger partial charge >= 0.3 is 5.97 Å². The van der Waals surface area contributed by atoms with Crippen LogP contribution in [0.5, 0.6) is 5.75 Å². The van der Waals surface area contributed by atoms with Crippen molar-refractivity contribution in [3.8, 4) is 5.75 Å². The maximum atomic E-state index is 10.6. The van der Waals surface area contributed by atoms with Crippen LogP contribution in [0.4, 0.5) is 0 Å². The maximum absolute atomic E-state index is 10.6. The van der Waals surface area contributed by atoms with E-state index in [0.717, 1.165) is 0 Å². The lowest BCUT2D eigenvalue weighted by atomic mass is 10.2. The summed E-state index contributed by atoms with van der Waals surface area (Å²) in [5, 5.41) is 8.40. The number of para-hydroxylation sites is 1. The van der Waals surface area contributed by atoms with Crippen LogP contribution in [0.1, 0.15) is 23.2 Å². The molecule has 0 bridgehead atoms. The SMILES string of the molecule is O=Cc1ccccc1OCCCC(=O)O. The molecule has 0 spiro atoms. The monoisotopic (exact) mass is 208 g/mol. The molecule has 0 aromatic heterocycles. The fourth-order valence-electron chi connectivity index (χ4n) is 1.11. The van der Waals surface area contributed by atoms with Gasteiger partial charge in [0.05, 0.1) is 12.2 Å². The highest BCUT2D eigenvalue weighted by Crippen LogP contribution is 2.15. The van der Waals surface area contributed by atoms with E-state index in [2.05, 4.69) is 0 Å². The fraction of sp³-hybridized carbons (Fsp3) is 0.273. The first-order chi connectivity index (χ1) is 7.24. The van der Waals surface area contributed by atoms with E-state index in [4.69, 9.17) is 9.84 Å². The summed E-state index contributed by atoms with van der Waals surface area (Å²) in [4.78, 5) is 20.8. The Morgan fingerprint density at radius 1 is 1.40 bits per heavy atom. The van der Waals surface area contributed by atoms with Crippen molar-refractivity contribution in [2.75, 3.05) is 6.61 Å². The summed E-state index contributed by atoms with van der Waals surface area (Å²) < 4.78 is 5.28. The number of carboxylic acids is 1. The summed E-state index contributed by atoms with van der Waals surface area (Å²) in [6, 6.07) is 6.84. The molecule has 0 radical (unpaired) electrons. The first-order valence-electron chi connectivity index (χ1n) is 4.63. The molecule has 4 heteroatoms. The van der Waals surface area contributed by atoms with Crippen LogP contribution in [0.15, 0.2) is 24.3 Å². The molecule has 0 unspecified atom stereocenters. The third kappa shape index (κ3) is 3.81. The molecule has 0 heterocycles. The first-order valence-corrected chi connectivity index (χ1v) is 4.63. The Morgan fingerprint density at radius 2 is 2.13 bits per heavy atom. The molecule has 1 rings (SSSR count). The highest BCUT2D eigenvalue weighted by atomic mass is 16.5.